The van der Waals surface area contributed by atoms with Gasteiger partial charge in [-0.1, -0.05) is 13.3 Å². The van der Waals surface area contributed by atoms with Gasteiger partial charge in [-0.05, 0) is 18.8 Å². The molecule has 0 heterocycles. The molecule has 3 nitrogen and oxygen atoms in total. The maximum atomic E-state index is 12.3. The monoisotopic (exact) mass is 239 g/mol. The molecule has 16 heavy (non-hydrogen) atoms. The number of hydrogen-bond acceptors (Lipinski definition) is 2. The van der Waals surface area contributed by atoms with Crippen LogP contribution in [-0.4, -0.2) is 29.8 Å². The first-order valence-corrected chi connectivity index (χ1v) is 5.35. The van der Waals surface area contributed by atoms with Gasteiger partial charge in [0, 0.05) is 12.6 Å². The minimum atomic E-state index is -4.68. The van der Waals surface area contributed by atoms with E-state index < -0.39 is 24.6 Å². The van der Waals surface area contributed by atoms with Gasteiger partial charge in [-0.15, -0.1) is 0 Å². The van der Waals surface area contributed by atoms with Gasteiger partial charge in [0.2, 0.25) is 0 Å². The van der Waals surface area contributed by atoms with Gasteiger partial charge in [-0.3, -0.25) is 4.79 Å². The minimum absolute atomic E-state index is 0.0178. The van der Waals surface area contributed by atoms with Crippen molar-refractivity contribution in [3.8, 4) is 0 Å². The van der Waals surface area contributed by atoms with Crippen LogP contribution in [0.25, 0.3) is 0 Å². The van der Waals surface area contributed by atoms with Crippen LogP contribution in [0.15, 0.2) is 0 Å². The van der Waals surface area contributed by atoms with Crippen LogP contribution in [0.1, 0.15) is 26.2 Å². The molecule has 0 bridgehead atoms. The zero-order chi connectivity index (χ0) is 12.3. The molecule has 1 aliphatic carbocycles. The van der Waals surface area contributed by atoms with E-state index in [1.807, 2.05) is 6.92 Å². The standard InChI is InChI=1S/C10H16F3NO2/c1-6-3-2-4-8(6)14-5-7(9(15)16)10(11,12)13/h6-8,14H,2-5H2,1H3,(H,15,16). The summed E-state index contributed by atoms with van der Waals surface area (Å²) >= 11 is 0. The van der Waals surface area contributed by atoms with E-state index in [0.29, 0.717) is 5.92 Å². The maximum Gasteiger partial charge on any atom is 0.403 e. The van der Waals surface area contributed by atoms with E-state index in [9.17, 15) is 18.0 Å². The lowest BCUT2D eigenvalue weighted by molar-refractivity contribution is -0.192. The van der Waals surface area contributed by atoms with Crippen LogP contribution in [0.3, 0.4) is 0 Å². The minimum Gasteiger partial charge on any atom is -0.481 e. The average Bonchev–Trinajstić information content (AvgIpc) is 2.49. The summed E-state index contributed by atoms with van der Waals surface area (Å²) in [6.45, 7) is 1.43. The summed E-state index contributed by atoms with van der Waals surface area (Å²) < 4.78 is 37.0. The smallest absolute Gasteiger partial charge is 0.403 e. The fourth-order valence-electron chi connectivity index (χ4n) is 2.06. The lowest BCUT2D eigenvalue weighted by Gasteiger charge is -2.21. The van der Waals surface area contributed by atoms with E-state index in [2.05, 4.69) is 5.32 Å². The number of hydrogen-bond donors (Lipinski definition) is 2. The molecule has 0 saturated heterocycles. The Morgan fingerprint density at radius 2 is 2.12 bits per heavy atom. The molecule has 1 saturated carbocycles. The highest BCUT2D eigenvalue weighted by atomic mass is 19.4. The highest BCUT2D eigenvalue weighted by molar-refractivity contribution is 5.71. The van der Waals surface area contributed by atoms with Gasteiger partial charge in [0.05, 0.1) is 0 Å². The second-order valence-electron chi connectivity index (χ2n) is 4.36. The first kappa shape index (κ1) is 13.3. The van der Waals surface area contributed by atoms with Crippen LogP contribution in [0.2, 0.25) is 0 Å². The van der Waals surface area contributed by atoms with Crippen LogP contribution in [-0.2, 0) is 4.79 Å². The molecule has 94 valence electrons. The van der Waals surface area contributed by atoms with Crippen molar-refractivity contribution < 1.29 is 23.1 Å². The molecule has 0 amide bonds. The molecule has 3 atom stereocenters. The summed E-state index contributed by atoms with van der Waals surface area (Å²) in [6, 6.07) is 0.0178. The van der Waals surface area contributed by atoms with E-state index in [1.54, 1.807) is 0 Å². The Kier molecular flexibility index (Phi) is 4.18. The molecule has 1 rings (SSSR count). The summed E-state index contributed by atoms with van der Waals surface area (Å²) in [4.78, 5) is 10.5. The van der Waals surface area contributed by atoms with E-state index in [4.69, 9.17) is 5.11 Å². The van der Waals surface area contributed by atoms with Gasteiger partial charge in [0.25, 0.3) is 0 Å². The third kappa shape index (κ3) is 3.37. The largest absolute Gasteiger partial charge is 0.481 e. The van der Waals surface area contributed by atoms with Gasteiger partial charge in [-0.2, -0.15) is 13.2 Å². The van der Waals surface area contributed by atoms with Crippen molar-refractivity contribution >= 4 is 5.97 Å². The Hall–Kier alpha value is -0.780. The summed E-state index contributed by atoms with van der Waals surface area (Å²) in [5.41, 5.74) is 0. The predicted octanol–water partition coefficient (Wildman–Crippen LogP) is 2.03. The Morgan fingerprint density at radius 3 is 2.50 bits per heavy atom. The molecule has 0 radical (unpaired) electrons. The second-order valence-corrected chi connectivity index (χ2v) is 4.36. The Labute approximate surface area is 92.0 Å². The van der Waals surface area contributed by atoms with E-state index in [1.165, 1.54) is 0 Å². The lowest BCUT2D eigenvalue weighted by atomic mass is 10.0. The number of halogens is 3. The first-order valence-electron chi connectivity index (χ1n) is 5.35. The van der Waals surface area contributed by atoms with Crippen molar-refractivity contribution in [2.75, 3.05) is 6.54 Å². The fourth-order valence-corrected chi connectivity index (χ4v) is 2.06. The molecule has 2 N–H and O–H groups in total. The number of carboxylic acid groups (broad SMARTS) is 1. The molecule has 0 aromatic rings. The predicted molar refractivity (Wildman–Crippen MR) is 52.0 cm³/mol. The topological polar surface area (TPSA) is 49.3 Å². The number of aliphatic carboxylic acids is 1. The van der Waals surface area contributed by atoms with E-state index >= 15 is 0 Å². The van der Waals surface area contributed by atoms with Crippen molar-refractivity contribution in [1.29, 1.82) is 0 Å². The zero-order valence-corrected chi connectivity index (χ0v) is 9.05. The molecular formula is C10H16F3NO2. The van der Waals surface area contributed by atoms with Gasteiger partial charge < -0.3 is 10.4 Å². The number of nitrogens with one attached hydrogen (secondary N) is 1. The van der Waals surface area contributed by atoms with Crippen molar-refractivity contribution in [1.82, 2.24) is 5.32 Å². The van der Waals surface area contributed by atoms with Crippen molar-refractivity contribution in [3.05, 3.63) is 0 Å². The molecule has 6 heteroatoms. The quantitative estimate of drug-likeness (QED) is 0.789. The van der Waals surface area contributed by atoms with Gasteiger partial charge in [0.1, 0.15) is 0 Å². The summed E-state index contributed by atoms with van der Waals surface area (Å²) in [7, 11) is 0. The van der Waals surface area contributed by atoms with Crippen LogP contribution >= 0.6 is 0 Å². The van der Waals surface area contributed by atoms with E-state index in [-0.39, 0.29) is 6.04 Å². The van der Waals surface area contributed by atoms with Gasteiger partial charge in [-0.25, -0.2) is 0 Å². The Balaban J connectivity index is 2.47. The Bertz CT molecular complexity index is 255. The lowest BCUT2D eigenvalue weighted by Crippen LogP contribution is -2.43. The van der Waals surface area contributed by atoms with Crippen molar-refractivity contribution in [2.24, 2.45) is 11.8 Å². The molecule has 1 aliphatic rings. The molecule has 0 aromatic carbocycles. The number of rotatable bonds is 4. The van der Waals surface area contributed by atoms with Crippen LogP contribution in [0, 0.1) is 11.8 Å². The molecule has 3 unspecified atom stereocenters. The summed E-state index contributed by atoms with van der Waals surface area (Å²) in [5.74, 6) is -3.80. The number of alkyl halides is 3. The third-order valence-electron chi connectivity index (χ3n) is 3.14. The second kappa shape index (κ2) is 5.03. The maximum absolute atomic E-state index is 12.3. The van der Waals surface area contributed by atoms with E-state index in [0.717, 1.165) is 19.3 Å². The highest BCUT2D eigenvalue weighted by Gasteiger charge is 2.45. The van der Waals surface area contributed by atoms with Gasteiger partial charge in [0.15, 0.2) is 5.92 Å². The SMILES string of the molecule is CC1CCCC1NCC(C(=O)O)C(F)(F)F. The zero-order valence-electron chi connectivity index (χ0n) is 9.05. The molecule has 1 fully saturated rings. The van der Waals surface area contributed by atoms with Crippen molar-refractivity contribution in [3.63, 3.8) is 0 Å². The Morgan fingerprint density at radius 1 is 1.50 bits per heavy atom. The van der Waals surface area contributed by atoms with Crippen LogP contribution in [0.4, 0.5) is 13.2 Å². The average molecular weight is 239 g/mol. The third-order valence-corrected chi connectivity index (χ3v) is 3.14. The van der Waals surface area contributed by atoms with Crippen LogP contribution in [0.5, 0.6) is 0 Å². The fraction of sp³-hybridized carbons (Fsp3) is 0.900. The molecule has 0 aromatic heterocycles. The summed E-state index contributed by atoms with van der Waals surface area (Å²) in [5, 5.41) is 11.2. The molecule has 0 aliphatic heterocycles. The van der Waals surface area contributed by atoms with Crippen LogP contribution < -0.4 is 5.32 Å². The van der Waals surface area contributed by atoms with Crippen molar-refractivity contribution in [2.45, 2.75) is 38.4 Å². The first-order chi connectivity index (χ1) is 7.32. The van der Waals surface area contributed by atoms with Gasteiger partial charge >= 0.3 is 12.1 Å². The highest BCUT2D eigenvalue weighted by Crippen LogP contribution is 2.28. The summed E-state index contributed by atoms with van der Waals surface area (Å²) in [6.07, 6.45) is -1.88. The normalized spacial score (nSPS) is 28.0. The molecular weight excluding hydrogens is 223 g/mol. The molecule has 0 spiro atoms. The number of carboxylic acids is 1. The number of carbonyl (C=O) groups is 1.